The van der Waals surface area contributed by atoms with Gasteiger partial charge in [-0.3, -0.25) is 0 Å². The van der Waals surface area contributed by atoms with Gasteiger partial charge in [0.2, 0.25) is 0 Å². The molecule has 0 saturated heterocycles. The third-order valence-corrected chi connectivity index (χ3v) is 3.67. The van der Waals surface area contributed by atoms with E-state index in [0.29, 0.717) is 0 Å². The zero-order valence-corrected chi connectivity index (χ0v) is 7.54. The van der Waals surface area contributed by atoms with E-state index in [4.69, 9.17) is 0 Å². The minimum Gasteiger partial charge on any atom is 0 e. The second-order valence-electron chi connectivity index (χ2n) is 1.35. The first kappa shape index (κ1) is 9.78. The molecule has 0 saturated carbocycles. The van der Waals surface area contributed by atoms with Gasteiger partial charge in [-0.05, 0) is 0 Å². The van der Waals surface area contributed by atoms with Gasteiger partial charge in [0.1, 0.15) is 0 Å². The molecule has 0 aromatic carbocycles. The Labute approximate surface area is 47.9 Å². The van der Waals surface area contributed by atoms with Crippen LogP contribution in [0.15, 0.2) is 0 Å². The molecule has 0 N–H and O–H groups in total. The quantitative estimate of drug-likeness (QED) is 0.512. The van der Waals surface area contributed by atoms with E-state index in [1.165, 1.54) is 9.95 Å². The van der Waals surface area contributed by atoms with Crippen molar-refractivity contribution in [2.45, 2.75) is 23.8 Å². The van der Waals surface area contributed by atoms with Crippen LogP contribution in [-0.4, -0.2) is 17.4 Å². The molecule has 0 amide bonds. The first-order chi connectivity index (χ1) is 2.41. The summed E-state index contributed by atoms with van der Waals surface area (Å²) in [4.78, 5) is 3.06. The molecule has 3 radical (unpaired) electrons. The van der Waals surface area contributed by atoms with E-state index in [2.05, 4.69) is 13.8 Å². The van der Waals surface area contributed by atoms with Crippen molar-refractivity contribution in [1.29, 1.82) is 0 Å². The van der Waals surface area contributed by atoms with Gasteiger partial charge in [-0.15, -0.1) is 0 Å². The van der Waals surface area contributed by atoms with E-state index < -0.39 is 0 Å². The van der Waals surface area contributed by atoms with Crippen molar-refractivity contribution in [2.24, 2.45) is 0 Å². The van der Waals surface area contributed by atoms with Gasteiger partial charge in [0.25, 0.3) is 0 Å². The second kappa shape index (κ2) is 9.14. The molecule has 0 aliphatic rings. The van der Waals surface area contributed by atoms with Crippen LogP contribution in [0.25, 0.3) is 0 Å². The Bertz CT molecular complexity index is 15.0. The van der Waals surface area contributed by atoms with Crippen molar-refractivity contribution < 1.29 is 0 Å². The van der Waals surface area contributed by atoms with Gasteiger partial charge in [0, 0.05) is 6.15 Å². The molecular formula is C4H11GaN. The minimum absolute atomic E-state index is 0. The Hall–Kier alpha value is 0.596. The smallest absolute Gasteiger partial charge is 0 e. The van der Waals surface area contributed by atoms with Crippen molar-refractivity contribution in [2.75, 3.05) is 0 Å². The zero-order chi connectivity index (χ0) is 4.12. The summed E-state index contributed by atoms with van der Waals surface area (Å²) < 4.78 is 0. The van der Waals surface area contributed by atoms with Crippen molar-refractivity contribution in [3.8, 4) is 0 Å². The summed E-state index contributed by atoms with van der Waals surface area (Å²) >= 11 is 0.0972. The maximum atomic E-state index is 2.30. The van der Waals surface area contributed by atoms with E-state index in [1.807, 2.05) is 0 Å². The predicted octanol–water partition coefficient (Wildman–Crippen LogP) is 0.819. The number of rotatable bonds is 2. The monoisotopic (exact) mass is 142 g/mol. The van der Waals surface area contributed by atoms with Gasteiger partial charge in [-0.1, -0.05) is 0 Å². The molecule has 0 atom stereocenters. The van der Waals surface area contributed by atoms with Crippen LogP contribution in [0.4, 0.5) is 0 Å². The molecule has 0 rings (SSSR count). The summed E-state index contributed by atoms with van der Waals surface area (Å²) in [5.74, 6) is 0. The van der Waals surface area contributed by atoms with Gasteiger partial charge in [0.15, 0.2) is 0 Å². The average molecular weight is 143 g/mol. The standard InChI is InChI=1S/2C2H5.Ga.N.H/c2*1-2;;;/h2*1H2,2H3;;;. The molecule has 0 aliphatic heterocycles. The first-order valence-corrected chi connectivity index (χ1v) is 6.61. The Kier molecular flexibility index (Phi) is 14.9. The van der Waals surface area contributed by atoms with Gasteiger partial charge in [0.05, 0.1) is 0 Å². The molecule has 1 nitrogen and oxygen atoms in total. The third-order valence-electron chi connectivity index (χ3n) is 0.707. The SMILES string of the molecule is C[CH2][GaH][CH2]C.[N]. The summed E-state index contributed by atoms with van der Waals surface area (Å²) in [5, 5.41) is 0. The van der Waals surface area contributed by atoms with Crippen LogP contribution in [0, 0.1) is 0 Å². The van der Waals surface area contributed by atoms with Gasteiger partial charge >= 0.3 is 41.2 Å². The molecule has 2 heteroatoms. The molecule has 0 spiro atoms. The Morgan fingerprint density at radius 3 is 1.50 bits per heavy atom. The number of hydrogen-bond acceptors (Lipinski definition) is 0. The summed E-state index contributed by atoms with van der Waals surface area (Å²) in [6.45, 7) is 4.59. The fourth-order valence-electron chi connectivity index (χ4n) is 0.354. The van der Waals surface area contributed by atoms with Crippen molar-refractivity contribution in [1.82, 2.24) is 6.15 Å². The van der Waals surface area contributed by atoms with Crippen molar-refractivity contribution in [3.63, 3.8) is 0 Å². The molecule has 0 aliphatic carbocycles. The summed E-state index contributed by atoms with van der Waals surface area (Å²) in [6, 6.07) is 0. The normalized spacial score (nSPS) is 6.33. The first-order valence-electron chi connectivity index (χ1n) is 2.41. The molecule has 0 fully saturated rings. The molecule has 35 valence electrons. The van der Waals surface area contributed by atoms with Crippen LogP contribution < -0.4 is 6.15 Å². The van der Waals surface area contributed by atoms with Crippen LogP contribution in [0.2, 0.25) is 9.95 Å². The molecule has 0 heterocycles. The van der Waals surface area contributed by atoms with Crippen LogP contribution in [0.5, 0.6) is 0 Å². The minimum atomic E-state index is 0. The second-order valence-corrected chi connectivity index (χ2v) is 7.03. The predicted molar refractivity (Wildman–Crippen MR) is 30.2 cm³/mol. The van der Waals surface area contributed by atoms with E-state index >= 15 is 0 Å². The van der Waals surface area contributed by atoms with E-state index in [-0.39, 0.29) is 23.6 Å². The molecule has 0 aromatic rings. The van der Waals surface area contributed by atoms with Gasteiger partial charge in [-0.25, -0.2) is 0 Å². The fraction of sp³-hybridized carbons (Fsp3) is 1.00. The van der Waals surface area contributed by atoms with Crippen LogP contribution in [0.3, 0.4) is 0 Å². The molecule has 6 heavy (non-hydrogen) atoms. The van der Waals surface area contributed by atoms with Crippen molar-refractivity contribution >= 4 is 17.4 Å². The third kappa shape index (κ3) is 8.82. The molecular weight excluding hydrogens is 132 g/mol. The zero-order valence-electron chi connectivity index (χ0n) is 4.57. The van der Waals surface area contributed by atoms with Crippen LogP contribution in [0.1, 0.15) is 13.8 Å². The molecule has 0 aromatic heterocycles. The largest absolute Gasteiger partial charge is 0 e. The van der Waals surface area contributed by atoms with Crippen LogP contribution in [-0.2, 0) is 0 Å². The summed E-state index contributed by atoms with van der Waals surface area (Å²) in [7, 11) is 0. The molecule has 0 bridgehead atoms. The summed E-state index contributed by atoms with van der Waals surface area (Å²) in [5.41, 5.74) is 0. The summed E-state index contributed by atoms with van der Waals surface area (Å²) in [6.07, 6.45) is 0. The Morgan fingerprint density at radius 1 is 1.17 bits per heavy atom. The van der Waals surface area contributed by atoms with Gasteiger partial charge in [-0.2, -0.15) is 0 Å². The van der Waals surface area contributed by atoms with Gasteiger partial charge < -0.3 is 0 Å². The Morgan fingerprint density at radius 2 is 1.50 bits per heavy atom. The maximum absolute atomic E-state index is 2.30. The number of hydrogen-bond donors (Lipinski definition) is 0. The van der Waals surface area contributed by atoms with Crippen molar-refractivity contribution in [3.05, 3.63) is 0 Å². The van der Waals surface area contributed by atoms with Crippen LogP contribution >= 0.6 is 0 Å². The average Bonchev–Trinajstić information content (AvgIpc) is 1.41. The van der Waals surface area contributed by atoms with E-state index in [0.717, 1.165) is 0 Å². The van der Waals surface area contributed by atoms with E-state index in [1.54, 1.807) is 0 Å². The number of nitrogens with zero attached hydrogens (tertiary/aromatic N) is 1. The Balaban J connectivity index is 0. The molecule has 0 unspecified atom stereocenters. The van der Waals surface area contributed by atoms with E-state index in [9.17, 15) is 0 Å². The maximum Gasteiger partial charge on any atom is 0 e. The topological polar surface area (TPSA) is 30.5 Å². The fourth-order valence-corrected chi connectivity index (χ4v) is 1.84.